The Morgan fingerprint density at radius 1 is 1.07 bits per heavy atom. The zero-order chi connectivity index (χ0) is 23.1. The Balaban J connectivity index is 0.00000155. The van der Waals surface area contributed by atoms with Crippen LogP contribution in [0.1, 0.15) is 62.3 Å². The average molecular weight is 437 g/mol. The van der Waals surface area contributed by atoms with Crippen LogP contribution in [0.25, 0.3) is 10.8 Å². The first-order chi connectivity index (χ1) is 13.7. The quantitative estimate of drug-likeness (QED) is 0.333. The molecule has 164 valence electrons. The third-order valence-electron chi connectivity index (χ3n) is 5.33. The van der Waals surface area contributed by atoms with Crippen LogP contribution in [0.5, 0.6) is 5.75 Å². The van der Waals surface area contributed by atoms with E-state index in [1.807, 2.05) is 47.6 Å². The van der Waals surface area contributed by atoms with Gasteiger partial charge in [0.2, 0.25) is 0 Å². The minimum absolute atomic E-state index is 0.0883. The maximum atomic E-state index is 14.1. The fourth-order valence-corrected chi connectivity index (χ4v) is 3.09. The standard InChI is InChI=1S/C21H25BClFO4.C2H6/c1-19(2,3)18(25)26-15-11-13(22-27-20(4,5)21(6,7)28-22)10-12-8-9-14(24)17(23)16(12)15;1-2/h8-11H,1-7H3;1-2H3. The first-order valence-electron chi connectivity index (χ1n) is 10.2. The van der Waals surface area contributed by atoms with Gasteiger partial charge in [-0.15, -0.1) is 0 Å². The summed E-state index contributed by atoms with van der Waals surface area (Å²) in [5.41, 5.74) is -1.09. The number of halogens is 2. The molecule has 0 unspecified atom stereocenters. The minimum atomic E-state index is -0.730. The first-order valence-corrected chi connectivity index (χ1v) is 10.6. The molecule has 0 spiro atoms. The van der Waals surface area contributed by atoms with Gasteiger partial charge in [0.05, 0.1) is 21.6 Å². The molecule has 2 aromatic rings. The van der Waals surface area contributed by atoms with Crippen LogP contribution in [0, 0.1) is 11.2 Å². The molecule has 0 radical (unpaired) electrons. The molecule has 0 aromatic heterocycles. The lowest BCUT2D eigenvalue weighted by Crippen LogP contribution is -2.41. The summed E-state index contributed by atoms with van der Waals surface area (Å²) in [5.74, 6) is -0.836. The Bertz CT molecular complexity index is 934. The third kappa shape index (κ3) is 4.66. The summed E-state index contributed by atoms with van der Waals surface area (Å²) in [7, 11) is -0.648. The minimum Gasteiger partial charge on any atom is -0.425 e. The number of rotatable bonds is 2. The van der Waals surface area contributed by atoms with E-state index < -0.39 is 35.5 Å². The van der Waals surface area contributed by atoms with E-state index in [9.17, 15) is 9.18 Å². The summed E-state index contributed by atoms with van der Waals surface area (Å²) >= 11 is 6.20. The van der Waals surface area contributed by atoms with Crippen molar-refractivity contribution in [2.45, 2.75) is 73.5 Å². The lowest BCUT2D eigenvalue weighted by molar-refractivity contribution is -0.142. The monoisotopic (exact) mass is 436 g/mol. The zero-order valence-corrected chi connectivity index (χ0v) is 20.0. The highest BCUT2D eigenvalue weighted by Crippen LogP contribution is 2.39. The van der Waals surface area contributed by atoms with E-state index in [0.717, 1.165) is 0 Å². The molecule has 2 aromatic carbocycles. The van der Waals surface area contributed by atoms with Crippen molar-refractivity contribution < 1.29 is 23.2 Å². The van der Waals surface area contributed by atoms with Gasteiger partial charge in [0.25, 0.3) is 0 Å². The van der Waals surface area contributed by atoms with Crippen molar-refractivity contribution in [1.29, 1.82) is 0 Å². The lowest BCUT2D eigenvalue weighted by Gasteiger charge is -2.32. The van der Waals surface area contributed by atoms with Crippen molar-refractivity contribution in [3.05, 3.63) is 35.1 Å². The van der Waals surface area contributed by atoms with Crippen LogP contribution in [0.3, 0.4) is 0 Å². The summed E-state index contributed by atoms with van der Waals surface area (Å²) < 4.78 is 31.9. The van der Waals surface area contributed by atoms with Gasteiger partial charge in [0, 0.05) is 5.39 Å². The Hall–Kier alpha value is -1.63. The molecular weight excluding hydrogens is 406 g/mol. The molecule has 4 nitrogen and oxygen atoms in total. The van der Waals surface area contributed by atoms with E-state index in [1.165, 1.54) is 6.07 Å². The smallest absolute Gasteiger partial charge is 0.425 e. The largest absolute Gasteiger partial charge is 0.494 e. The van der Waals surface area contributed by atoms with Crippen LogP contribution < -0.4 is 10.2 Å². The van der Waals surface area contributed by atoms with Crippen LogP contribution in [0.4, 0.5) is 4.39 Å². The highest BCUT2D eigenvalue weighted by atomic mass is 35.5. The fourth-order valence-electron chi connectivity index (χ4n) is 2.83. The number of carbonyl (C=O) groups is 1. The van der Waals surface area contributed by atoms with E-state index in [2.05, 4.69) is 0 Å². The summed E-state index contributed by atoms with van der Waals surface area (Å²) in [4.78, 5) is 12.5. The second-order valence-corrected chi connectivity index (χ2v) is 9.58. The van der Waals surface area contributed by atoms with E-state index in [1.54, 1.807) is 32.9 Å². The summed E-state index contributed by atoms with van der Waals surface area (Å²) in [6.45, 7) is 17.1. The highest BCUT2D eigenvalue weighted by Gasteiger charge is 2.52. The molecular formula is C23H31BClFO4. The molecule has 1 fully saturated rings. The maximum Gasteiger partial charge on any atom is 0.494 e. The fraction of sp³-hybridized carbons (Fsp3) is 0.522. The third-order valence-corrected chi connectivity index (χ3v) is 5.70. The van der Waals surface area contributed by atoms with Crippen LogP contribution in [-0.2, 0) is 14.1 Å². The number of fused-ring (bicyclic) bond motifs is 1. The predicted octanol–water partition coefficient (Wildman–Crippen LogP) is 5.91. The Morgan fingerprint density at radius 3 is 2.10 bits per heavy atom. The molecule has 7 heteroatoms. The molecule has 0 bridgehead atoms. The van der Waals surface area contributed by atoms with Crippen LogP contribution >= 0.6 is 11.6 Å². The molecule has 0 N–H and O–H groups in total. The molecule has 1 saturated heterocycles. The van der Waals surface area contributed by atoms with Crippen molar-refractivity contribution in [3.63, 3.8) is 0 Å². The van der Waals surface area contributed by atoms with Crippen LogP contribution in [0.2, 0.25) is 5.02 Å². The predicted molar refractivity (Wildman–Crippen MR) is 121 cm³/mol. The van der Waals surface area contributed by atoms with Gasteiger partial charge in [-0.05, 0) is 71.4 Å². The van der Waals surface area contributed by atoms with E-state index >= 15 is 0 Å². The first kappa shape index (κ1) is 24.6. The summed E-state index contributed by atoms with van der Waals surface area (Å²) in [5, 5.41) is 0.893. The SMILES string of the molecule is CC.CC(C)(C)C(=O)Oc1cc(B2OC(C)(C)C(C)(C)O2)cc2ccc(F)c(Cl)c12. The molecule has 0 atom stereocenters. The molecule has 1 aliphatic heterocycles. The van der Waals surface area contributed by atoms with E-state index in [-0.39, 0.29) is 10.8 Å². The van der Waals surface area contributed by atoms with Gasteiger partial charge in [-0.1, -0.05) is 37.6 Å². The Morgan fingerprint density at radius 2 is 1.60 bits per heavy atom. The topological polar surface area (TPSA) is 44.8 Å². The lowest BCUT2D eigenvalue weighted by atomic mass is 9.78. The number of hydrogen-bond donors (Lipinski definition) is 0. The molecule has 0 saturated carbocycles. The van der Waals surface area contributed by atoms with E-state index in [0.29, 0.717) is 16.2 Å². The molecule has 1 heterocycles. The van der Waals surface area contributed by atoms with Gasteiger partial charge < -0.3 is 14.0 Å². The summed E-state index contributed by atoms with van der Waals surface area (Å²) in [6.07, 6.45) is 0. The van der Waals surface area contributed by atoms with Crippen LogP contribution in [0.15, 0.2) is 24.3 Å². The van der Waals surface area contributed by atoms with Crippen LogP contribution in [-0.4, -0.2) is 24.3 Å². The number of carbonyl (C=O) groups excluding carboxylic acids is 1. The second-order valence-electron chi connectivity index (χ2n) is 9.21. The van der Waals surface area contributed by atoms with Crippen molar-refractivity contribution in [1.82, 2.24) is 0 Å². The number of hydrogen-bond acceptors (Lipinski definition) is 4. The zero-order valence-electron chi connectivity index (χ0n) is 19.3. The van der Waals surface area contributed by atoms with Gasteiger partial charge >= 0.3 is 13.1 Å². The van der Waals surface area contributed by atoms with Crippen molar-refractivity contribution in [3.8, 4) is 5.75 Å². The van der Waals surface area contributed by atoms with Gasteiger partial charge in [-0.2, -0.15) is 0 Å². The molecule has 30 heavy (non-hydrogen) atoms. The van der Waals surface area contributed by atoms with Gasteiger partial charge in [0.15, 0.2) is 0 Å². The molecule has 0 aliphatic carbocycles. The molecule has 0 amide bonds. The van der Waals surface area contributed by atoms with E-state index in [4.69, 9.17) is 25.6 Å². The number of benzene rings is 2. The van der Waals surface area contributed by atoms with Gasteiger partial charge in [-0.3, -0.25) is 4.79 Å². The number of esters is 1. The number of ether oxygens (including phenoxy) is 1. The Kier molecular flexibility index (Phi) is 6.97. The van der Waals surface area contributed by atoms with Crippen molar-refractivity contribution >= 4 is 40.9 Å². The highest BCUT2D eigenvalue weighted by molar-refractivity contribution is 6.62. The van der Waals surface area contributed by atoms with Gasteiger partial charge in [-0.25, -0.2) is 4.39 Å². The molecule has 1 aliphatic rings. The average Bonchev–Trinajstić information content (AvgIpc) is 2.86. The molecule has 3 rings (SSSR count). The van der Waals surface area contributed by atoms with Crippen molar-refractivity contribution in [2.24, 2.45) is 5.41 Å². The summed E-state index contributed by atoms with van der Waals surface area (Å²) in [6, 6.07) is 6.34. The second kappa shape index (κ2) is 8.48. The normalized spacial score (nSPS) is 17.5. The van der Waals surface area contributed by atoms with Gasteiger partial charge in [0.1, 0.15) is 11.6 Å². The maximum absolute atomic E-state index is 14.1. The Labute approximate surface area is 184 Å². The van der Waals surface area contributed by atoms with Crippen molar-refractivity contribution in [2.75, 3.05) is 0 Å².